The van der Waals surface area contributed by atoms with Gasteiger partial charge in [0.25, 0.3) is 5.91 Å². The number of hydrogen-bond acceptors (Lipinski definition) is 3. The molecule has 2 aromatic rings. The van der Waals surface area contributed by atoms with Crippen molar-refractivity contribution in [1.29, 1.82) is 0 Å². The van der Waals surface area contributed by atoms with Crippen LogP contribution in [-0.2, 0) is 15.0 Å². The first-order chi connectivity index (χ1) is 12.9. The van der Waals surface area contributed by atoms with E-state index in [-0.39, 0.29) is 5.91 Å². The van der Waals surface area contributed by atoms with Crippen LogP contribution in [0.3, 0.4) is 0 Å². The van der Waals surface area contributed by atoms with Crippen molar-refractivity contribution in [2.24, 2.45) is 0 Å². The molecule has 0 spiro atoms. The van der Waals surface area contributed by atoms with Gasteiger partial charge in [-0.2, -0.15) is 0 Å². The fourth-order valence-electron chi connectivity index (χ4n) is 3.54. The molecule has 0 aromatic heterocycles. The van der Waals surface area contributed by atoms with Crippen molar-refractivity contribution >= 4 is 23.5 Å². The predicted octanol–water partition coefficient (Wildman–Crippen LogP) is 3.75. The Hall–Kier alpha value is -2.53. The lowest BCUT2D eigenvalue weighted by molar-refractivity contribution is -0.149. The van der Waals surface area contributed by atoms with Crippen LogP contribution in [-0.4, -0.2) is 41.1 Å². The Bertz CT molecular complexity index is 816. The first-order valence-corrected chi connectivity index (χ1v) is 9.30. The van der Waals surface area contributed by atoms with E-state index >= 15 is 0 Å². The third kappa shape index (κ3) is 4.08. The molecule has 1 saturated heterocycles. The highest BCUT2D eigenvalue weighted by Crippen LogP contribution is 2.36. The number of carbonyl (C=O) groups excluding carboxylic acids is 1. The van der Waals surface area contributed by atoms with Gasteiger partial charge >= 0.3 is 5.97 Å². The second-order valence-corrected chi connectivity index (χ2v) is 7.23. The number of likely N-dealkylation sites (tertiary alicyclic amines) is 1. The minimum Gasteiger partial charge on any atom is -0.481 e. The Morgan fingerprint density at radius 2 is 1.78 bits per heavy atom. The summed E-state index contributed by atoms with van der Waals surface area (Å²) in [4.78, 5) is 26.4. The largest absolute Gasteiger partial charge is 0.481 e. The van der Waals surface area contributed by atoms with Gasteiger partial charge in [0, 0.05) is 18.1 Å². The van der Waals surface area contributed by atoms with Crippen molar-refractivity contribution in [3.05, 3.63) is 65.2 Å². The Kier molecular flexibility index (Phi) is 5.71. The number of benzene rings is 2. The molecule has 1 unspecified atom stereocenters. The summed E-state index contributed by atoms with van der Waals surface area (Å²) in [5.74, 6) is -0.462. The van der Waals surface area contributed by atoms with Gasteiger partial charge in [-0.05, 0) is 43.5 Å². The standard InChI is InChI=1S/C21H22ClNO4/c1-15(27-18-9-5-8-17(22)14-18)19(24)23-12-10-21(11-13-23,20(25)26)16-6-3-2-4-7-16/h2-9,14-15H,10-13H2,1H3,(H,25,26). The molecule has 3 rings (SSSR count). The smallest absolute Gasteiger partial charge is 0.314 e. The number of carboxylic acid groups (broad SMARTS) is 1. The number of aliphatic carboxylic acids is 1. The lowest BCUT2D eigenvalue weighted by Gasteiger charge is -2.40. The maximum absolute atomic E-state index is 12.7. The van der Waals surface area contributed by atoms with Crippen molar-refractivity contribution in [1.82, 2.24) is 4.90 Å². The summed E-state index contributed by atoms with van der Waals surface area (Å²) >= 11 is 5.94. The van der Waals surface area contributed by atoms with E-state index in [0.717, 1.165) is 5.56 Å². The molecule has 1 fully saturated rings. The Labute approximate surface area is 163 Å². The zero-order valence-corrected chi connectivity index (χ0v) is 15.9. The number of carbonyl (C=O) groups is 2. The molecule has 27 heavy (non-hydrogen) atoms. The van der Waals surface area contributed by atoms with Crippen molar-refractivity contribution in [3.63, 3.8) is 0 Å². The third-order valence-corrected chi connectivity index (χ3v) is 5.36. The van der Waals surface area contributed by atoms with Crippen LogP contribution in [0.4, 0.5) is 0 Å². The molecule has 1 heterocycles. The number of hydrogen-bond donors (Lipinski definition) is 1. The SMILES string of the molecule is CC(Oc1cccc(Cl)c1)C(=O)N1CCC(C(=O)O)(c2ccccc2)CC1. The molecule has 0 saturated carbocycles. The summed E-state index contributed by atoms with van der Waals surface area (Å²) in [6.07, 6.45) is 0.0849. The summed E-state index contributed by atoms with van der Waals surface area (Å²) < 4.78 is 5.70. The molecule has 1 N–H and O–H groups in total. The van der Waals surface area contributed by atoms with E-state index in [1.165, 1.54) is 0 Å². The maximum Gasteiger partial charge on any atom is 0.314 e. The van der Waals surface area contributed by atoms with Crippen LogP contribution >= 0.6 is 11.6 Å². The van der Waals surface area contributed by atoms with Gasteiger partial charge in [-0.25, -0.2) is 0 Å². The van der Waals surface area contributed by atoms with Crippen molar-refractivity contribution < 1.29 is 19.4 Å². The number of halogens is 1. The number of nitrogens with zero attached hydrogens (tertiary/aromatic N) is 1. The first kappa shape index (κ1) is 19.2. The van der Waals surface area contributed by atoms with E-state index < -0.39 is 17.5 Å². The fourth-order valence-corrected chi connectivity index (χ4v) is 3.72. The van der Waals surface area contributed by atoms with Gasteiger partial charge in [-0.1, -0.05) is 48.0 Å². The number of ether oxygens (including phenoxy) is 1. The average molecular weight is 388 g/mol. The van der Waals surface area contributed by atoms with Crippen LogP contribution in [0.25, 0.3) is 0 Å². The molecule has 0 radical (unpaired) electrons. The number of rotatable bonds is 5. The van der Waals surface area contributed by atoms with Gasteiger partial charge in [-0.3, -0.25) is 9.59 Å². The monoisotopic (exact) mass is 387 g/mol. The van der Waals surface area contributed by atoms with E-state index in [0.29, 0.717) is 36.7 Å². The van der Waals surface area contributed by atoms with Crippen LogP contribution in [0.2, 0.25) is 5.02 Å². The third-order valence-electron chi connectivity index (χ3n) is 5.12. The molecular weight excluding hydrogens is 366 g/mol. The van der Waals surface area contributed by atoms with Crippen molar-refractivity contribution in [2.45, 2.75) is 31.3 Å². The minimum atomic E-state index is -0.949. The maximum atomic E-state index is 12.7. The highest BCUT2D eigenvalue weighted by molar-refractivity contribution is 6.30. The zero-order valence-electron chi connectivity index (χ0n) is 15.1. The summed E-state index contributed by atoms with van der Waals surface area (Å²) in [5, 5.41) is 10.4. The second kappa shape index (κ2) is 8.01. The molecule has 0 aliphatic carbocycles. The van der Waals surface area contributed by atoms with Crippen LogP contribution < -0.4 is 4.74 Å². The topological polar surface area (TPSA) is 66.8 Å². The van der Waals surface area contributed by atoms with E-state index in [4.69, 9.17) is 16.3 Å². The average Bonchev–Trinajstić information content (AvgIpc) is 2.68. The van der Waals surface area contributed by atoms with Gasteiger partial charge < -0.3 is 14.7 Å². The quantitative estimate of drug-likeness (QED) is 0.848. The second-order valence-electron chi connectivity index (χ2n) is 6.80. The molecule has 1 amide bonds. The highest BCUT2D eigenvalue weighted by atomic mass is 35.5. The first-order valence-electron chi connectivity index (χ1n) is 8.92. The zero-order chi connectivity index (χ0) is 19.4. The summed E-state index contributed by atoms with van der Waals surface area (Å²) in [6, 6.07) is 16.1. The van der Waals surface area contributed by atoms with Gasteiger partial charge in [0.2, 0.25) is 0 Å². The lowest BCUT2D eigenvalue weighted by Crippen LogP contribution is -2.51. The Balaban J connectivity index is 1.67. The summed E-state index contributed by atoms with van der Waals surface area (Å²) in [7, 11) is 0. The summed E-state index contributed by atoms with van der Waals surface area (Å²) in [5.41, 5.74) is -0.164. The van der Waals surface area contributed by atoms with Crippen molar-refractivity contribution in [2.75, 3.05) is 13.1 Å². The number of carboxylic acids is 1. The molecule has 6 heteroatoms. The van der Waals surface area contributed by atoms with Crippen molar-refractivity contribution in [3.8, 4) is 5.75 Å². The Morgan fingerprint density at radius 1 is 1.11 bits per heavy atom. The number of amides is 1. The fraction of sp³-hybridized carbons (Fsp3) is 0.333. The van der Waals surface area contributed by atoms with Crippen LogP contribution in [0.1, 0.15) is 25.3 Å². The minimum absolute atomic E-state index is 0.151. The van der Waals surface area contributed by atoms with Gasteiger partial charge in [-0.15, -0.1) is 0 Å². The van der Waals surface area contributed by atoms with Crippen LogP contribution in [0.15, 0.2) is 54.6 Å². The molecule has 0 bridgehead atoms. The Morgan fingerprint density at radius 3 is 2.37 bits per heavy atom. The van der Waals surface area contributed by atoms with Gasteiger partial charge in [0.1, 0.15) is 5.75 Å². The van der Waals surface area contributed by atoms with E-state index in [2.05, 4.69) is 0 Å². The van der Waals surface area contributed by atoms with Crippen LogP contribution in [0.5, 0.6) is 5.75 Å². The lowest BCUT2D eigenvalue weighted by atomic mass is 9.73. The molecule has 142 valence electrons. The van der Waals surface area contributed by atoms with E-state index in [1.807, 2.05) is 30.3 Å². The van der Waals surface area contributed by atoms with Gasteiger partial charge in [0.05, 0.1) is 5.41 Å². The normalized spacial score (nSPS) is 17.2. The molecule has 1 aliphatic rings. The highest BCUT2D eigenvalue weighted by Gasteiger charge is 2.44. The van der Waals surface area contributed by atoms with Crippen LogP contribution in [0, 0.1) is 0 Å². The molecule has 1 atom stereocenters. The molecule has 5 nitrogen and oxygen atoms in total. The molecular formula is C21H22ClNO4. The van der Waals surface area contributed by atoms with E-state index in [1.54, 1.807) is 36.1 Å². The van der Waals surface area contributed by atoms with Gasteiger partial charge in [0.15, 0.2) is 6.10 Å². The molecule has 2 aromatic carbocycles. The molecule has 1 aliphatic heterocycles. The summed E-state index contributed by atoms with van der Waals surface area (Å²) in [6.45, 7) is 2.45. The number of piperidine rings is 1. The predicted molar refractivity (Wildman–Crippen MR) is 103 cm³/mol. The van der Waals surface area contributed by atoms with E-state index in [9.17, 15) is 14.7 Å².